The number of ketones is 1. The van der Waals surface area contributed by atoms with Crippen LogP contribution < -0.4 is 10.6 Å². The average molecular weight is 555 g/mol. The summed E-state index contributed by atoms with van der Waals surface area (Å²) in [7, 11) is 1.75. The number of carbonyl (C=O) groups excluding carboxylic acids is 3. The van der Waals surface area contributed by atoms with Crippen molar-refractivity contribution in [1.82, 2.24) is 9.78 Å². The Labute approximate surface area is 243 Å². The molecule has 0 radical (unpaired) electrons. The molecule has 0 aliphatic carbocycles. The molecule has 1 heterocycles. The second-order valence-corrected chi connectivity index (χ2v) is 9.40. The van der Waals surface area contributed by atoms with E-state index < -0.39 is 0 Å². The number of aryl methyl sites for hydroxylation is 1. The molecule has 0 aliphatic rings. The molecule has 8 nitrogen and oxygen atoms in total. The highest BCUT2D eigenvalue weighted by Gasteiger charge is 2.14. The number of anilines is 2. The first kappa shape index (κ1) is 27.6. The minimum Gasteiger partial charge on any atom is -0.442 e. The van der Waals surface area contributed by atoms with Crippen molar-refractivity contribution < 1.29 is 19.1 Å². The summed E-state index contributed by atoms with van der Waals surface area (Å²) in [4.78, 5) is 38.5. The Bertz CT molecular complexity index is 1780. The van der Waals surface area contributed by atoms with Crippen molar-refractivity contribution >= 4 is 29.1 Å². The molecular weight excluding hydrogens is 528 g/mol. The van der Waals surface area contributed by atoms with Gasteiger partial charge in [-0.25, -0.2) is 0 Å². The van der Waals surface area contributed by atoms with E-state index in [9.17, 15) is 14.4 Å². The van der Waals surface area contributed by atoms with Crippen molar-refractivity contribution in [2.75, 3.05) is 10.6 Å². The van der Waals surface area contributed by atoms with Crippen LogP contribution in [-0.2, 0) is 18.4 Å². The Morgan fingerprint density at radius 1 is 0.762 bits per heavy atom. The number of nitrogens with zero attached hydrogens (tertiary/aromatic N) is 2. The molecule has 2 N–H and O–H groups in total. The van der Waals surface area contributed by atoms with Gasteiger partial charge in [0.2, 0.25) is 0 Å². The highest BCUT2D eigenvalue weighted by molar-refractivity contribution is 6.11. The predicted octanol–water partition coefficient (Wildman–Crippen LogP) is 5.93. The molecule has 0 fully saturated rings. The second-order valence-electron chi connectivity index (χ2n) is 9.40. The van der Waals surface area contributed by atoms with Crippen LogP contribution in [0.2, 0.25) is 0 Å². The topological polar surface area (TPSA) is 102 Å². The molecule has 206 valence electrons. The SMILES string of the molecule is C#COCc1ccc(C(=O)c2cccc(C(=O)Nc3ccc(-c4cc(NC(=O)c5ccccc5)n(C)n4)cc3)c2)cc1. The number of hydrogen-bond donors (Lipinski definition) is 2. The molecule has 5 aromatic rings. The number of terminal acetylenes is 1. The van der Waals surface area contributed by atoms with Gasteiger partial charge in [0.05, 0.1) is 5.69 Å². The number of ether oxygens (including phenoxy) is 1. The number of carbonyl (C=O) groups is 3. The first-order valence-electron chi connectivity index (χ1n) is 13.0. The molecule has 0 bridgehead atoms. The van der Waals surface area contributed by atoms with Gasteiger partial charge in [-0.15, -0.1) is 0 Å². The van der Waals surface area contributed by atoms with Gasteiger partial charge < -0.3 is 15.4 Å². The smallest absolute Gasteiger partial charge is 0.256 e. The third kappa shape index (κ3) is 6.43. The zero-order chi connectivity index (χ0) is 29.5. The summed E-state index contributed by atoms with van der Waals surface area (Å²) in [6, 6.07) is 31.5. The lowest BCUT2D eigenvalue weighted by Gasteiger charge is -2.08. The van der Waals surface area contributed by atoms with Gasteiger partial charge in [-0.1, -0.05) is 73.2 Å². The van der Waals surface area contributed by atoms with E-state index in [0.29, 0.717) is 39.5 Å². The largest absolute Gasteiger partial charge is 0.442 e. The zero-order valence-electron chi connectivity index (χ0n) is 22.7. The fraction of sp³-hybridized carbons (Fsp3) is 0.0588. The van der Waals surface area contributed by atoms with Crippen LogP contribution in [-0.4, -0.2) is 27.4 Å². The van der Waals surface area contributed by atoms with E-state index in [1.807, 2.05) is 18.2 Å². The van der Waals surface area contributed by atoms with Crippen molar-refractivity contribution in [2.24, 2.45) is 7.05 Å². The van der Waals surface area contributed by atoms with E-state index in [0.717, 1.165) is 11.1 Å². The second kappa shape index (κ2) is 12.5. The summed E-state index contributed by atoms with van der Waals surface area (Å²) >= 11 is 0. The van der Waals surface area contributed by atoms with Crippen LogP contribution >= 0.6 is 0 Å². The molecule has 4 aromatic carbocycles. The van der Waals surface area contributed by atoms with Gasteiger partial charge >= 0.3 is 0 Å². The van der Waals surface area contributed by atoms with Crippen molar-refractivity contribution in [3.63, 3.8) is 0 Å². The van der Waals surface area contributed by atoms with E-state index in [4.69, 9.17) is 11.2 Å². The number of rotatable bonds is 9. The summed E-state index contributed by atoms with van der Waals surface area (Å²) in [6.07, 6.45) is 7.22. The Kier molecular flexibility index (Phi) is 8.22. The Morgan fingerprint density at radius 3 is 2.14 bits per heavy atom. The predicted molar refractivity (Wildman–Crippen MR) is 161 cm³/mol. The molecule has 8 heteroatoms. The van der Waals surface area contributed by atoms with Crippen molar-refractivity contribution in [3.8, 4) is 23.8 Å². The molecule has 2 amide bonds. The van der Waals surface area contributed by atoms with Crippen LogP contribution in [0.5, 0.6) is 0 Å². The molecule has 5 rings (SSSR count). The van der Waals surface area contributed by atoms with Crippen LogP contribution in [0, 0.1) is 12.5 Å². The maximum atomic E-state index is 13.0. The van der Waals surface area contributed by atoms with Gasteiger partial charge in [0.15, 0.2) is 5.78 Å². The Hall–Kier alpha value is -5.94. The molecule has 42 heavy (non-hydrogen) atoms. The molecule has 0 spiro atoms. The summed E-state index contributed by atoms with van der Waals surface area (Å²) in [6.45, 7) is 0.261. The van der Waals surface area contributed by atoms with E-state index >= 15 is 0 Å². The Balaban J connectivity index is 1.23. The first-order chi connectivity index (χ1) is 20.4. The van der Waals surface area contributed by atoms with Crippen molar-refractivity contribution in [1.29, 1.82) is 0 Å². The third-order valence-corrected chi connectivity index (χ3v) is 6.52. The summed E-state index contributed by atoms with van der Waals surface area (Å²) in [5.74, 6) is -0.214. The maximum absolute atomic E-state index is 13.0. The minimum atomic E-state index is -0.345. The van der Waals surface area contributed by atoms with Crippen LogP contribution in [0.15, 0.2) is 109 Å². The van der Waals surface area contributed by atoms with E-state index in [-0.39, 0.29) is 24.2 Å². The quantitative estimate of drug-likeness (QED) is 0.174. The highest BCUT2D eigenvalue weighted by atomic mass is 16.5. The van der Waals surface area contributed by atoms with Crippen LogP contribution in [0.4, 0.5) is 11.5 Å². The van der Waals surface area contributed by atoms with Gasteiger partial charge in [0, 0.05) is 46.6 Å². The monoisotopic (exact) mass is 554 g/mol. The van der Waals surface area contributed by atoms with Gasteiger partial charge in [-0.3, -0.25) is 19.1 Å². The molecule has 0 saturated heterocycles. The molecule has 0 saturated carbocycles. The zero-order valence-corrected chi connectivity index (χ0v) is 22.7. The number of nitrogens with one attached hydrogen (secondary N) is 2. The minimum absolute atomic E-state index is 0.201. The molecule has 0 aliphatic heterocycles. The number of hydrogen-bond acceptors (Lipinski definition) is 5. The number of benzene rings is 4. The summed E-state index contributed by atoms with van der Waals surface area (Å²) < 4.78 is 6.54. The first-order valence-corrected chi connectivity index (χ1v) is 13.0. The lowest BCUT2D eigenvalue weighted by molar-refractivity contribution is 0.101. The van der Waals surface area contributed by atoms with Crippen LogP contribution in [0.3, 0.4) is 0 Å². The van der Waals surface area contributed by atoms with Crippen molar-refractivity contribution in [3.05, 3.63) is 137 Å². The lowest BCUT2D eigenvalue weighted by atomic mass is 10.00. The van der Waals surface area contributed by atoms with Crippen LogP contribution in [0.1, 0.15) is 42.2 Å². The standard InChI is InChI=1S/C34H26N4O4/c1-3-42-22-23-12-14-25(15-13-23)32(39)27-10-7-11-28(20-27)34(41)35-29-18-16-24(17-19-29)30-21-31(38(2)37-30)36-33(40)26-8-5-4-6-9-26/h1,4-21H,22H2,2H3,(H,35,41)(H,36,40). The van der Waals surface area contributed by atoms with Crippen LogP contribution in [0.25, 0.3) is 11.3 Å². The average Bonchev–Trinajstić information content (AvgIpc) is 3.40. The summed E-state index contributed by atoms with van der Waals surface area (Å²) in [5, 5.41) is 10.2. The van der Waals surface area contributed by atoms with E-state index in [2.05, 4.69) is 21.8 Å². The lowest BCUT2D eigenvalue weighted by Crippen LogP contribution is -2.14. The number of amides is 2. The van der Waals surface area contributed by atoms with Gasteiger partial charge in [-0.05, 0) is 42.0 Å². The fourth-order valence-electron chi connectivity index (χ4n) is 4.28. The highest BCUT2D eigenvalue weighted by Crippen LogP contribution is 2.24. The summed E-state index contributed by atoms with van der Waals surface area (Å²) in [5.41, 5.74) is 4.71. The molecule has 0 unspecified atom stereocenters. The fourth-order valence-corrected chi connectivity index (χ4v) is 4.28. The van der Waals surface area contributed by atoms with Gasteiger partial charge in [0.25, 0.3) is 11.8 Å². The maximum Gasteiger partial charge on any atom is 0.256 e. The van der Waals surface area contributed by atoms with E-state index in [1.54, 1.807) is 103 Å². The molecular formula is C34H26N4O4. The third-order valence-electron chi connectivity index (χ3n) is 6.52. The van der Waals surface area contributed by atoms with Gasteiger partial charge in [0.1, 0.15) is 18.5 Å². The van der Waals surface area contributed by atoms with Gasteiger partial charge in [-0.2, -0.15) is 5.10 Å². The molecule has 0 atom stereocenters. The molecule has 1 aromatic heterocycles. The van der Waals surface area contributed by atoms with E-state index in [1.165, 1.54) is 0 Å². The Morgan fingerprint density at radius 2 is 1.43 bits per heavy atom. The number of aromatic nitrogens is 2. The van der Waals surface area contributed by atoms with Crippen molar-refractivity contribution in [2.45, 2.75) is 6.61 Å². The normalized spacial score (nSPS) is 10.4.